The van der Waals surface area contributed by atoms with Crippen molar-refractivity contribution in [2.75, 3.05) is 5.32 Å². The highest BCUT2D eigenvalue weighted by Crippen LogP contribution is 2.19. The molecule has 2 aromatic heterocycles. The fraction of sp³-hybridized carbons (Fsp3) is 0.474. The second-order valence-electron chi connectivity index (χ2n) is 6.97. The minimum atomic E-state index is -0.165. The fourth-order valence-electron chi connectivity index (χ4n) is 3.06. The highest BCUT2D eigenvalue weighted by molar-refractivity contribution is 7.15. The number of fused-ring (bicyclic) bond motifs is 1. The zero-order valence-corrected chi connectivity index (χ0v) is 16.8. The Balaban J connectivity index is 1.69. The summed E-state index contributed by atoms with van der Waals surface area (Å²) >= 11 is 1.40. The molecule has 2 heterocycles. The number of nitrogens with one attached hydrogen (secondary N) is 1. The molecule has 27 heavy (non-hydrogen) atoms. The van der Waals surface area contributed by atoms with E-state index in [9.17, 15) is 9.59 Å². The van der Waals surface area contributed by atoms with Gasteiger partial charge in [-0.3, -0.25) is 13.9 Å². The molecule has 1 N–H and O–H groups in total. The number of nitrogens with zero attached hydrogens (tertiary/aromatic N) is 4. The molecule has 0 radical (unpaired) electrons. The number of aromatic nitrogens is 4. The monoisotopic (exact) mass is 387 g/mol. The summed E-state index contributed by atoms with van der Waals surface area (Å²) in [5, 5.41) is 12.3. The third kappa shape index (κ3) is 4.44. The molecule has 0 spiro atoms. The first kappa shape index (κ1) is 19.3. The van der Waals surface area contributed by atoms with Crippen molar-refractivity contribution in [2.24, 2.45) is 5.92 Å². The number of hydrogen-bond donors (Lipinski definition) is 1. The third-order valence-electron chi connectivity index (χ3n) is 4.23. The van der Waals surface area contributed by atoms with Gasteiger partial charge in [-0.25, -0.2) is 4.79 Å². The standard InChI is InChI=1S/C19H25N5O2S/c1-4-10-23-14-7-5-6-8-15(14)24(19(23)26)11-9-16(25)20-18-22-21-17(27-18)12-13(2)3/h5-8,13H,4,9-12H2,1-3H3,(H,20,22,25). The molecular formula is C19H25N5O2S. The van der Waals surface area contributed by atoms with Crippen molar-refractivity contribution in [2.45, 2.75) is 53.1 Å². The van der Waals surface area contributed by atoms with Gasteiger partial charge in [0.1, 0.15) is 5.01 Å². The zero-order chi connectivity index (χ0) is 19.4. The molecule has 8 heteroatoms. The highest BCUT2D eigenvalue weighted by atomic mass is 32.1. The summed E-state index contributed by atoms with van der Waals surface area (Å²) in [5.41, 5.74) is 1.70. The van der Waals surface area contributed by atoms with Gasteiger partial charge in [0.25, 0.3) is 0 Å². The third-order valence-corrected chi connectivity index (χ3v) is 5.09. The van der Waals surface area contributed by atoms with E-state index in [1.54, 1.807) is 9.13 Å². The molecule has 0 bridgehead atoms. The molecule has 0 saturated heterocycles. The lowest BCUT2D eigenvalue weighted by molar-refractivity contribution is -0.116. The fourth-order valence-corrected chi connectivity index (χ4v) is 4.03. The van der Waals surface area contributed by atoms with Crippen molar-refractivity contribution in [1.29, 1.82) is 0 Å². The molecule has 0 atom stereocenters. The van der Waals surface area contributed by atoms with Crippen LogP contribution in [0.15, 0.2) is 29.1 Å². The minimum absolute atomic E-state index is 0.0685. The summed E-state index contributed by atoms with van der Waals surface area (Å²) in [5.74, 6) is 0.329. The van der Waals surface area contributed by atoms with Crippen LogP contribution in [-0.4, -0.2) is 25.2 Å². The zero-order valence-electron chi connectivity index (χ0n) is 15.9. The van der Waals surface area contributed by atoms with Crippen LogP contribution in [0.5, 0.6) is 0 Å². The van der Waals surface area contributed by atoms with Gasteiger partial charge in [0, 0.05) is 25.9 Å². The van der Waals surface area contributed by atoms with Gasteiger partial charge in [0.05, 0.1) is 11.0 Å². The molecule has 144 valence electrons. The number of carbonyl (C=O) groups excluding carboxylic acids is 1. The van der Waals surface area contributed by atoms with Crippen molar-refractivity contribution in [3.05, 3.63) is 39.8 Å². The Morgan fingerprint density at radius 2 is 1.81 bits per heavy atom. The van der Waals surface area contributed by atoms with Gasteiger partial charge in [-0.2, -0.15) is 0 Å². The van der Waals surface area contributed by atoms with Gasteiger partial charge in [-0.15, -0.1) is 10.2 Å². The predicted molar refractivity (Wildman–Crippen MR) is 108 cm³/mol. The van der Waals surface area contributed by atoms with Crippen LogP contribution < -0.4 is 11.0 Å². The Morgan fingerprint density at radius 1 is 1.15 bits per heavy atom. The van der Waals surface area contributed by atoms with Crippen LogP contribution in [0.4, 0.5) is 5.13 Å². The molecule has 1 amide bonds. The van der Waals surface area contributed by atoms with Crippen molar-refractivity contribution < 1.29 is 4.79 Å². The smallest absolute Gasteiger partial charge is 0.300 e. The number of hydrogen-bond acceptors (Lipinski definition) is 5. The van der Waals surface area contributed by atoms with Crippen molar-refractivity contribution in [3.8, 4) is 0 Å². The Morgan fingerprint density at radius 3 is 2.44 bits per heavy atom. The van der Waals surface area contributed by atoms with E-state index >= 15 is 0 Å². The van der Waals surface area contributed by atoms with Crippen molar-refractivity contribution >= 4 is 33.4 Å². The maximum absolute atomic E-state index is 12.7. The second kappa shape index (κ2) is 8.47. The number of para-hydroxylation sites is 2. The maximum Gasteiger partial charge on any atom is 0.329 e. The minimum Gasteiger partial charge on any atom is -0.300 e. The van der Waals surface area contributed by atoms with Gasteiger partial charge in [0.15, 0.2) is 0 Å². The lowest BCUT2D eigenvalue weighted by Crippen LogP contribution is -2.26. The van der Waals surface area contributed by atoms with E-state index in [1.807, 2.05) is 31.2 Å². The molecule has 0 aliphatic heterocycles. The maximum atomic E-state index is 12.7. The largest absolute Gasteiger partial charge is 0.329 e. The molecule has 0 fully saturated rings. The van der Waals surface area contributed by atoms with Crippen LogP contribution in [0, 0.1) is 5.92 Å². The van der Waals surface area contributed by atoms with Crippen LogP contribution >= 0.6 is 11.3 Å². The Kier molecular flexibility index (Phi) is 6.05. The normalized spacial score (nSPS) is 11.4. The van der Waals surface area contributed by atoms with Crippen LogP contribution in [0.25, 0.3) is 11.0 Å². The number of anilines is 1. The van der Waals surface area contributed by atoms with E-state index in [4.69, 9.17) is 0 Å². The molecule has 3 rings (SSSR count). The lowest BCUT2D eigenvalue weighted by Gasteiger charge is -2.03. The van der Waals surface area contributed by atoms with Gasteiger partial charge in [-0.1, -0.05) is 44.2 Å². The highest BCUT2D eigenvalue weighted by Gasteiger charge is 2.14. The summed E-state index contributed by atoms with van der Waals surface area (Å²) in [6, 6.07) is 7.70. The second-order valence-corrected chi connectivity index (χ2v) is 8.03. The van der Waals surface area contributed by atoms with E-state index in [0.717, 1.165) is 28.9 Å². The SMILES string of the molecule is CCCn1c(=O)n(CCC(=O)Nc2nnc(CC(C)C)s2)c2ccccc21. The summed E-state index contributed by atoms with van der Waals surface area (Å²) in [7, 11) is 0. The first-order chi connectivity index (χ1) is 13.0. The Labute approximate surface area is 162 Å². The van der Waals surface area contributed by atoms with Gasteiger partial charge < -0.3 is 5.32 Å². The molecular weight excluding hydrogens is 362 g/mol. The quantitative estimate of drug-likeness (QED) is 0.643. The van der Waals surface area contributed by atoms with E-state index < -0.39 is 0 Å². The Bertz CT molecular complexity index is 986. The van der Waals surface area contributed by atoms with E-state index in [-0.39, 0.29) is 18.0 Å². The summed E-state index contributed by atoms with van der Waals surface area (Å²) in [6.07, 6.45) is 1.93. The van der Waals surface area contributed by atoms with Gasteiger partial charge in [0.2, 0.25) is 11.0 Å². The van der Waals surface area contributed by atoms with Crippen LogP contribution in [0.2, 0.25) is 0 Å². The van der Waals surface area contributed by atoms with Crippen molar-refractivity contribution in [3.63, 3.8) is 0 Å². The first-order valence-corrected chi connectivity index (χ1v) is 10.1. The number of imidazole rings is 1. The average molecular weight is 388 g/mol. The van der Waals surface area contributed by atoms with Gasteiger partial charge >= 0.3 is 5.69 Å². The molecule has 0 aliphatic carbocycles. The van der Waals surface area contributed by atoms with Crippen LogP contribution in [0.1, 0.15) is 38.6 Å². The summed E-state index contributed by atoms with van der Waals surface area (Å²) in [6.45, 7) is 7.28. The molecule has 7 nitrogen and oxygen atoms in total. The molecule has 0 aliphatic rings. The average Bonchev–Trinajstić information content (AvgIpc) is 3.16. The van der Waals surface area contributed by atoms with Gasteiger partial charge in [-0.05, 0) is 24.5 Å². The molecule has 3 aromatic rings. The van der Waals surface area contributed by atoms with E-state index in [2.05, 4.69) is 29.4 Å². The number of carbonyl (C=O) groups is 1. The molecule has 0 saturated carbocycles. The number of benzene rings is 1. The predicted octanol–water partition coefficient (Wildman–Crippen LogP) is 3.29. The topological polar surface area (TPSA) is 81.8 Å². The number of amides is 1. The summed E-state index contributed by atoms with van der Waals surface area (Å²) < 4.78 is 3.45. The Hall–Kier alpha value is -2.48. The molecule has 0 unspecified atom stereocenters. The molecule has 1 aromatic carbocycles. The van der Waals surface area contributed by atoms with Crippen LogP contribution in [-0.2, 0) is 24.3 Å². The van der Waals surface area contributed by atoms with Crippen molar-refractivity contribution in [1.82, 2.24) is 19.3 Å². The number of rotatable bonds is 8. The van der Waals surface area contributed by atoms with E-state index in [0.29, 0.717) is 24.1 Å². The van der Waals surface area contributed by atoms with E-state index in [1.165, 1.54) is 11.3 Å². The number of aryl methyl sites for hydroxylation is 2. The van der Waals surface area contributed by atoms with Crippen LogP contribution in [0.3, 0.4) is 0 Å². The first-order valence-electron chi connectivity index (χ1n) is 9.30. The lowest BCUT2D eigenvalue weighted by atomic mass is 10.1. The summed E-state index contributed by atoms with van der Waals surface area (Å²) in [4.78, 5) is 25.0.